The summed E-state index contributed by atoms with van der Waals surface area (Å²) in [5.41, 5.74) is 5.80. The first-order valence-corrected chi connectivity index (χ1v) is 9.58. The summed E-state index contributed by atoms with van der Waals surface area (Å²) in [7, 11) is 0. The van der Waals surface area contributed by atoms with Crippen molar-refractivity contribution in [2.45, 2.75) is 51.4 Å². The number of rotatable bonds is 4. The van der Waals surface area contributed by atoms with Crippen molar-refractivity contribution in [2.75, 3.05) is 0 Å². The van der Waals surface area contributed by atoms with E-state index in [-0.39, 0.29) is 0 Å². The van der Waals surface area contributed by atoms with Crippen LogP contribution in [0.2, 0.25) is 0 Å². The second-order valence-electron chi connectivity index (χ2n) is 6.98. The van der Waals surface area contributed by atoms with Gasteiger partial charge in [-0.1, -0.05) is 55.5 Å². The van der Waals surface area contributed by atoms with Crippen LogP contribution in [0.3, 0.4) is 0 Å². The van der Waals surface area contributed by atoms with E-state index < -0.39 is 0 Å². The summed E-state index contributed by atoms with van der Waals surface area (Å²) in [4.78, 5) is 0. The fourth-order valence-electron chi connectivity index (χ4n) is 3.37. The lowest BCUT2D eigenvalue weighted by atomic mass is 9.84. The summed E-state index contributed by atoms with van der Waals surface area (Å²) >= 11 is 0. The number of aryl methyl sites for hydroxylation is 1. The fourth-order valence-corrected chi connectivity index (χ4v) is 3.37. The van der Waals surface area contributed by atoms with Crippen molar-refractivity contribution in [2.24, 2.45) is 0 Å². The van der Waals surface area contributed by atoms with Gasteiger partial charge in [-0.2, -0.15) is 5.26 Å². The van der Waals surface area contributed by atoms with E-state index in [1.165, 1.54) is 42.4 Å². The molecular weight excluding hydrogens is 314 g/mol. The highest BCUT2D eigenvalue weighted by Gasteiger charge is 2.15. The summed E-state index contributed by atoms with van der Waals surface area (Å²) in [5.74, 6) is 7.15. The van der Waals surface area contributed by atoms with Crippen LogP contribution in [0.15, 0.2) is 60.2 Å². The molecule has 0 saturated carbocycles. The van der Waals surface area contributed by atoms with Gasteiger partial charge in [0.25, 0.3) is 0 Å². The van der Waals surface area contributed by atoms with Crippen LogP contribution in [0.4, 0.5) is 0 Å². The van der Waals surface area contributed by atoms with Gasteiger partial charge >= 0.3 is 0 Å². The van der Waals surface area contributed by atoms with Crippen LogP contribution < -0.4 is 0 Å². The predicted molar refractivity (Wildman–Crippen MR) is 108 cm³/mol. The monoisotopic (exact) mass is 339 g/mol. The number of allylic oxidation sites excluding steroid dienone is 2. The van der Waals surface area contributed by atoms with Crippen LogP contribution in [0, 0.1) is 23.2 Å². The maximum atomic E-state index is 8.84. The van der Waals surface area contributed by atoms with Crippen LogP contribution in [-0.2, 0) is 6.42 Å². The first-order chi connectivity index (χ1) is 12.8. The third-order valence-corrected chi connectivity index (χ3v) is 5.06. The average Bonchev–Trinajstić information content (AvgIpc) is 2.72. The fraction of sp³-hybridized carbons (Fsp3) is 0.320. The van der Waals surface area contributed by atoms with Crippen molar-refractivity contribution >= 4 is 0 Å². The standard InChI is InChI=1S/C25H25N/c1-2-3-4-20-11-15-24(16-12-20)25-17-13-22(14-18-25)6-5-21-7-9-23(19-26)10-8-21/h7-13,15-16,25H,2-4,14,17-18H2,1H3. The Labute approximate surface area is 157 Å². The molecule has 26 heavy (non-hydrogen) atoms. The smallest absolute Gasteiger partial charge is 0.0991 e. The molecule has 1 aliphatic rings. The van der Waals surface area contributed by atoms with Crippen molar-refractivity contribution in [1.29, 1.82) is 5.26 Å². The second kappa shape index (κ2) is 9.07. The number of hydrogen-bond acceptors (Lipinski definition) is 1. The first kappa shape index (κ1) is 18.0. The first-order valence-electron chi connectivity index (χ1n) is 9.58. The highest BCUT2D eigenvalue weighted by atomic mass is 14.2. The lowest BCUT2D eigenvalue weighted by Crippen LogP contribution is -2.04. The molecule has 2 aromatic carbocycles. The number of nitriles is 1. The van der Waals surface area contributed by atoms with E-state index in [0.717, 1.165) is 18.4 Å². The van der Waals surface area contributed by atoms with Gasteiger partial charge in [0.2, 0.25) is 0 Å². The van der Waals surface area contributed by atoms with Crippen molar-refractivity contribution in [1.82, 2.24) is 0 Å². The van der Waals surface area contributed by atoms with Crippen molar-refractivity contribution in [3.63, 3.8) is 0 Å². The Hall–Kier alpha value is -2.77. The Morgan fingerprint density at radius 2 is 1.69 bits per heavy atom. The number of hydrogen-bond donors (Lipinski definition) is 0. The van der Waals surface area contributed by atoms with Crippen LogP contribution in [0.1, 0.15) is 67.2 Å². The maximum absolute atomic E-state index is 8.84. The SMILES string of the molecule is CCCCc1ccc(C2CC=C(C#Cc3ccc(C#N)cc3)CC2)cc1. The second-order valence-corrected chi connectivity index (χ2v) is 6.98. The molecule has 1 heteroatoms. The third kappa shape index (κ3) is 4.87. The number of unbranched alkanes of at least 4 members (excludes halogenated alkanes) is 1. The summed E-state index contributed by atoms with van der Waals surface area (Å²) in [5, 5.41) is 8.84. The van der Waals surface area contributed by atoms with Gasteiger partial charge < -0.3 is 0 Å². The van der Waals surface area contributed by atoms with E-state index in [1.807, 2.05) is 24.3 Å². The molecule has 0 aliphatic heterocycles. The van der Waals surface area contributed by atoms with Crippen LogP contribution in [-0.4, -0.2) is 0 Å². The van der Waals surface area contributed by atoms with E-state index in [9.17, 15) is 0 Å². The van der Waals surface area contributed by atoms with Gasteiger partial charge in [0, 0.05) is 5.56 Å². The molecule has 0 N–H and O–H groups in total. The molecule has 1 unspecified atom stereocenters. The summed E-state index contributed by atoms with van der Waals surface area (Å²) in [6.07, 6.45) is 9.31. The maximum Gasteiger partial charge on any atom is 0.0991 e. The molecule has 0 aromatic heterocycles. The molecule has 0 bridgehead atoms. The summed E-state index contributed by atoms with van der Waals surface area (Å²) in [6.45, 7) is 2.24. The molecular formula is C25H25N. The highest BCUT2D eigenvalue weighted by molar-refractivity contribution is 5.44. The quantitative estimate of drug-likeness (QED) is 0.613. The Morgan fingerprint density at radius 1 is 0.962 bits per heavy atom. The van der Waals surface area contributed by atoms with E-state index in [1.54, 1.807) is 0 Å². The molecule has 0 amide bonds. The van der Waals surface area contributed by atoms with Gasteiger partial charge in [-0.05, 0) is 79.0 Å². The Balaban J connectivity index is 1.59. The van der Waals surface area contributed by atoms with Crippen LogP contribution in [0.5, 0.6) is 0 Å². The topological polar surface area (TPSA) is 23.8 Å². The minimum atomic E-state index is 0.621. The minimum absolute atomic E-state index is 0.621. The number of nitrogens with zero attached hydrogens (tertiary/aromatic N) is 1. The molecule has 1 aliphatic carbocycles. The molecule has 0 fully saturated rings. The van der Waals surface area contributed by atoms with Gasteiger partial charge in [0.15, 0.2) is 0 Å². The lowest BCUT2D eigenvalue weighted by molar-refractivity contribution is 0.607. The summed E-state index contributed by atoms with van der Waals surface area (Å²) in [6, 6.07) is 18.8. The molecule has 0 radical (unpaired) electrons. The Morgan fingerprint density at radius 3 is 2.31 bits per heavy atom. The van der Waals surface area contributed by atoms with E-state index >= 15 is 0 Å². The van der Waals surface area contributed by atoms with Gasteiger partial charge in [0.1, 0.15) is 0 Å². The largest absolute Gasteiger partial charge is 0.192 e. The zero-order valence-electron chi connectivity index (χ0n) is 15.5. The van der Waals surface area contributed by atoms with E-state index in [4.69, 9.17) is 5.26 Å². The number of benzene rings is 2. The molecule has 0 spiro atoms. The minimum Gasteiger partial charge on any atom is -0.192 e. The van der Waals surface area contributed by atoms with E-state index in [0.29, 0.717) is 11.5 Å². The van der Waals surface area contributed by atoms with Crippen molar-refractivity contribution < 1.29 is 0 Å². The van der Waals surface area contributed by atoms with Gasteiger partial charge in [-0.3, -0.25) is 0 Å². The molecule has 0 heterocycles. The van der Waals surface area contributed by atoms with Crippen molar-refractivity contribution in [3.05, 3.63) is 82.4 Å². The highest BCUT2D eigenvalue weighted by Crippen LogP contribution is 2.32. The van der Waals surface area contributed by atoms with Crippen LogP contribution >= 0.6 is 0 Å². The van der Waals surface area contributed by atoms with Gasteiger partial charge in [-0.25, -0.2) is 0 Å². The molecule has 1 atom stereocenters. The summed E-state index contributed by atoms with van der Waals surface area (Å²) < 4.78 is 0. The Bertz CT molecular complexity index is 852. The lowest BCUT2D eigenvalue weighted by Gasteiger charge is -2.20. The average molecular weight is 339 g/mol. The van der Waals surface area contributed by atoms with Crippen LogP contribution in [0.25, 0.3) is 0 Å². The van der Waals surface area contributed by atoms with Gasteiger partial charge in [0.05, 0.1) is 11.6 Å². The zero-order chi connectivity index (χ0) is 18.2. The molecule has 1 nitrogen and oxygen atoms in total. The molecule has 3 rings (SSSR count). The van der Waals surface area contributed by atoms with E-state index in [2.05, 4.69) is 55.2 Å². The van der Waals surface area contributed by atoms with Crippen molar-refractivity contribution in [3.8, 4) is 17.9 Å². The van der Waals surface area contributed by atoms with Gasteiger partial charge in [-0.15, -0.1) is 0 Å². The molecule has 130 valence electrons. The molecule has 0 saturated heterocycles. The normalized spacial score (nSPS) is 16.2. The predicted octanol–water partition coefficient (Wildman–Crippen LogP) is 6.15. The molecule has 2 aromatic rings. The zero-order valence-corrected chi connectivity index (χ0v) is 15.5. The Kier molecular flexibility index (Phi) is 6.29. The third-order valence-electron chi connectivity index (χ3n) is 5.06.